The van der Waals surface area contributed by atoms with Crippen molar-refractivity contribution < 1.29 is 14.6 Å². The maximum atomic E-state index is 12.8. The van der Waals surface area contributed by atoms with Crippen LogP contribution >= 0.6 is 0 Å². The predicted octanol–water partition coefficient (Wildman–Crippen LogP) is 3.13. The molecule has 2 heterocycles. The summed E-state index contributed by atoms with van der Waals surface area (Å²) in [5.74, 6) is 0.740. The Balaban J connectivity index is 1.57. The third-order valence-corrected chi connectivity index (χ3v) is 5.35. The molecule has 1 aliphatic rings. The number of carbonyl (C=O) groups is 1. The van der Waals surface area contributed by atoms with Crippen molar-refractivity contribution in [1.82, 2.24) is 14.7 Å². The van der Waals surface area contributed by atoms with E-state index in [1.165, 1.54) is 11.1 Å². The second-order valence-electron chi connectivity index (χ2n) is 7.81. The van der Waals surface area contributed by atoms with Crippen molar-refractivity contribution in [2.75, 3.05) is 19.7 Å². The number of ether oxygens (including phenoxy) is 1. The summed E-state index contributed by atoms with van der Waals surface area (Å²) in [7, 11) is 0. The Labute approximate surface area is 160 Å². The number of carbonyl (C=O) groups excluding carboxylic acids is 1. The zero-order valence-corrected chi connectivity index (χ0v) is 16.6. The van der Waals surface area contributed by atoms with E-state index in [0.717, 1.165) is 5.75 Å². The van der Waals surface area contributed by atoms with E-state index in [4.69, 9.17) is 4.74 Å². The summed E-state index contributed by atoms with van der Waals surface area (Å²) >= 11 is 0. The molecule has 0 unspecified atom stereocenters. The number of hydrogen-bond donors (Lipinski definition) is 1. The lowest BCUT2D eigenvalue weighted by Crippen LogP contribution is -2.49. The molecule has 0 bridgehead atoms. The van der Waals surface area contributed by atoms with Gasteiger partial charge in [-0.05, 0) is 69.9 Å². The van der Waals surface area contributed by atoms with Crippen molar-refractivity contribution in [3.8, 4) is 5.75 Å². The molecule has 1 saturated heterocycles. The molecule has 1 amide bonds. The predicted molar refractivity (Wildman–Crippen MR) is 104 cm³/mol. The molecule has 6 heteroatoms. The maximum absolute atomic E-state index is 12.8. The van der Waals surface area contributed by atoms with Gasteiger partial charge in [0.15, 0.2) is 0 Å². The van der Waals surface area contributed by atoms with Gasteiger partial charge < -0.3 is 14.7 Å². The standard InChI is InChI=1S/C21H29N3O3/c1-15(2)24-19(7-10-22-24)20(25)23-11-8-21(26,9-12-23)14-27-18-6-5-16(3)17(4)13-18/h5-7,10,13,15,26H,8-9,11-12,14H2,1-4H3. The highest BCUT2D eigenvalue weighted by Crippen LogP contribution is 2.26. The zero-order chi connectivity index (χ0) is 19.6. The van der Waals surface area contributed by atoms with E-state index >= 15 is 0 Å². The first-order chi connectivity index (χ1) is 12.8. The van der Waals surface area contributed by atoms with Crippen LogP contribution in [0.15, 0.2) is 30.5 Å². The number of nitrogens with zero attached hydrogens (tertiary/aromatic N) is 3. The van der Waals surface area contributed by atoms with Crippen LogP contribution in [0.5, 0.6) is 5.75 Å². The Hall–Kier alpha value is -2.34. The molecular weight excluding hydrogens is 342 g/mol. The number of benzene rings is 1. The normalized spacial score (nSPS) is 16.6. The summed E-state index contributed by atoms with van der Waals surface area (Å²) in [5, 5.41) is 15.1. The summed E-state index contributed by atoms with van der Waals surface area (Å²) in [6, 6.07) is 7.83. The van der Waals surface area contributed by atoms with Gasteiger partial charge in [-0.25, -0.2) is 0 Å². The topological polar surface area (TPSA) is 67.6 Å². The lowest BCUT2D eigenvalue weighted by Gasteiger charge is -2.38. The molecule has 27 heavy (non-hydrogen) atoms. The van der Waals surface area contributed by atoms with E-state index in [-0.39, 0.29) is 18.6 Å². The van der Waals surface area contributed by atoms with Crippen molar-refractivity contribution in [2.45, 2.75) is 52.2 Å². The molecule has 3 rings (SSSR count). The van der Waals surface area contributed by atoms with Gasteiger partial charge in [-0.2, -0.15) is 5.10 Å². The third kappa shape index (κ3) is 4.33. The van der Waals surface area contributed by atoms with Gasteiger partial charge in [0.2, 0.25) is 0 Å². The molecule has 1 aromatic heterocycles. The Morgan fingerprint density at radius 2 is 1.93 bits per heavy atom. The van der Waals surface area contributed by atoms with Gasteiger partial charge >= 0.3 is 0 Å². The lowest BCUT2D eigenvalue weighted by atomic mass is 9.92. The molecule has 0 saturated carbocycles. The van der Waals surface area contributed by atoms with Crippen LogP contribution in [0.3, 0.4) is 0 Å². The van der Waals surface area contributed by atoms with Crippen molar-refractivity contribution in [3.63, 3.8) is 0 Å². The lowest BCUT2D eigenvalue weighted by molar-refractivity contribution is -0.0477. The molecule has 1 aliphatic heterocycles. The fourth-order valence-corrected chi connectivity index (χ4v) is 3.35. The van der Waals surface area contributed by atoms with Crippen LogP contribution in [0.25, 0.3) is 0 Å². The molecule has 1 aromatic carbocycles. The fourth-order valence-electron chi connectivity index (χ4n) is 3.35. The van der Waals surface area contributed by atoms with Crippen LogP contribution in [0.4, 0.5) is 0 Å². The van der Waals surface area contributed by atoms with E-state index in [9.17, 15) is 9.90 Å². The third-order valence-electron chi connectivity index (χ3n) is 5.35. The Morgan fingerprint density at radius 1 is 1.22 bits per heavy atom. The summed E-state index contributed by atoms with van der Waals surface area (Å²) in [5.41, 5.74) is 2.07. The van der Waals surface area contributed by atoms with Gasteiger partial charge in [0.1, 0.15) is 23.7 Å². The maximum Gasteiger partial charge on any atom is 0.272 e. The summed E-state index contributed by atoms with van der Waals surface area (Å²) in [6.07, 6.45) is 2.66. The van der Waals surface area contributed by atoms with Crippen LogP contribution < -0.4 is 4.74 Å². The highest BCUT2D eigenvalue weighted by molar-refractivity contribution is 5.92. The molecule has 0 atom stereocenters. The second kappa shape index (κ2) is 7.72. The number of amides is 1. The quantitative estimate of drug-likeness (QED) is 0.877. The first-order valence-corrected chi connectivity index (χ1v) is 9.54. The Kier molecular flexibility index (Phi) is 5.56. The van der Waals surface area contributed by atoms with Gasteiger partial charge in [0.05, 0.1) is 0 Å². The molecule has 1 fully saturated rings. The molecular formula is C21H29N3O3. The van der Waals surface area contributed by atoms with Gasteiger partial charge in [-0.15, -0.1) is 0 Å². The molecule has 0 radical (unpaired) electrons. The van der Waals surface area contributed by atoms with Gasteiger partial charge in [0, 0.05) is 25.3 Å². The monoisotopic (exact) mass is 371 g/mol. The van der Waals surface area contributed by atoms with Gasteiger partial charge in [-0.1, -0.05) is 6.07 Å². The van der Waals surface area contributed by atoms with Crippen molar-refractivity contribution in [2.24, 2.45) is 0 Å². The molecule has 0 aliphatic carbocycles. The van der Waals surface area contributed by atoms with Crippen molar-refractivity contribution in [1.29, 1.82) is 0 Å². The minimum atomic E-state index is -0.909. The van der Waals surface area contributed by atoms with Crippen molar-refractivity contribution in [3.05, 3.63) is 47.3 Å². The van der Waals surface area contributed by atoms with E-state index in [1.54, 1.807) is 21.8 Å². The first kappa shape index (κ1) is 19.4. The molecule has 1 N–H and O–H groups in total. The molecule has 2 aromatic rings. The molecule has 6 nitrogen and oxygen atoms in total. The number of aryl methyl sites for hydroxylation is 2. The van der Waals surface area contributed by atoms with Gasteiger partial charge in [0.25, 0.3) is 5.91 Å². The minimum Gasteiger partial charge on any atom is -0.491 e. The van der Waals surface area contributed by atoms with Crippen LogP contribution in [0.2, 0.25) is 0 Å². The Morgan fingerprint density at radius 3 is 2.56 bits per heavy atom. The van der Waals surface area contributed by atoms with Crippen LogP contribution in [-0.2, 0) is 0 Å². The van der Waals surface area contributed by atoms with E-state index in [0.29, 0.717) is 31.6 Å². The van der Waals surface area contributed by atoms with Crippen LogP contribution in [-0.4, -0.2) is 51.0 Å². The van der Waals surface area contributed by atoms with Gasteiger partial charge in [-0.3, -0.25) is 9.48 Å². The number of piperidine rings is 1. The number of rotatable bonds is 5. The summed E-state index contributed by atoms with van der Waals surface area (Å²) in [4.78, 5) is 14.6. The van der Waals surface area contributed by atoms with E-state index in [2.05, 4.69) is 12.0 Å². The number of aromatic nitrogens is 2. The molecule has 0 spiro atoms. The number of hydrogen-bond acceptors (Lipinski definition) is 4. The minimum absolute atomic E-state index is 0.0293. The Bertz CT molecular complexity index is 805. The zero-order valence-electron chi connectivity index (χ0n) is 16.6. The molecule has 146 valence electrons. The number of aliphatic hydroxyl groups is 1. The summed E-state index contributed by atoms with van der Waals surface area (Å²) in [6.45, 7) is 9.37. The van der Waals surface area contributed by atoms with Crippen molar-refractivity contribution >= 4 is 5.91 Å². The van der Waals surface area contributed by atoms with Crippen LogP contribution in [0.1, 0.15) is 54.3 Å². The smallest absolute Gasteiger partial charge is 0.272 e. The summed E-state index contributed by atoms with van der Waals surface area (Å²) < 4.78 is 7.58. The fraction of sp³-hybridized carbons (Fsp3) is 0.524. The average Bonchev–Trinajstić information content (AvgIpc) is 3.13. The highest BCUT2D eigenvalue weighted by atomic mass is 16.5. The second-order valence-corrected chi connectivity index (χ2v) is 7.81. The number of likely N-dealkylation sites (tertiary alicyclic amines) is 1. The van der Waals surface area contributed by atoms with E-state index in [1.807, 2.05) is 39.0 Å². The SMILES string of the molecule is Cc1ccc(OCC2(O)CCN(C(=O)c3ccnn3C(C)C)CC2)cc1C. The first-order valence-electron chi connectivity index (χ1n) is 9.54. The largest absolute Gasteiger partial charge is 0.491 e. The average molecular weight is 371 g/mol. The highest BCUT2D eigenvalue weighted by Gasteiger charge is 2.35. The van der Waals surface area contributed by atoms with E-state index < -0.39 is 5.60 Å². The van der Waals surface area contributed by atoms with Crippen LogP contribution in [0, 0.1) is 13.8 Å².